The predicted octanol–water partition coefficient (Wildman–Crippen LogP) is 2.67. The lowest BCUT2D eigenvalue weighted by atomic mass is 9.87. The highest BCUT2D eigenvalue weighted by atomic mass is 16.5. The zero-order valence-corrected chi connectivity index (χ0v) is 21.9. The highest BCUT2D eigenvalue weighted by molar-refractivity contribution is 6.10. The van der Waals surface area contributed by atoms with Crippen molar-refractivity contribution in [2.24, 2.45) is 11.1 Å². The van der Waals surface area contributed by atoms with Crippen molar-refractivity contribution in [1.29, 1.82) is 5.41 Å². The summed E-state index contributed by atoms with van der Waals surface area (Å²) in [5.41, 5.74) is 5.66. The van der Waals surface area contributed by atoms with Crippen LogP contribution in [0, 0.1) is 10.8 Å². The first kappa shape index (κ1) is 27.8. The molecule has 0 bridgehead atoms. The van der Waals surface area contributed by atoms with E-state index in [0.29, 0.717) is 11.3 Å². The van der Waals surface area contributed by atoms with Crippen molar-refractivity contribution in [3.63, 3.8) is 0 Å². The van der Waals surface area contributed by atoms with E-state index in [2.05, 4.69) is 15.6 Å². The van der Waals surface area contributed by atoms with Gasteiger partial charge in [0.25, 0.3) is 11.8 Å². The Morgan fingerprint density at radius 2 is 1.70 bits per heavy atom. The number of methoxy groups -OCH3 is 1. The summed E-state index contributed by atoms with van der Waals surface area (Å²) in [7, 11) is 1.38. The topological polar surface area (TPSA) is 194 Å². The quantitative estimate of drug-likeness (QED) is 0.161. The number of carboxylic acids is 1. The normalized spacial score (nSPS) is 15.6. The molecule has 1 fully saturated rings. The number of ether oxygens (including phenoxy) is 2. The number of nitrogens with one attached hydrogen (secondary N) is 3. The summed E-state index contributed by atoms with van der Waals surface area (Å²) in [5, 5.41) is 22.8. The number of nitrogen functional groups attached to an aromatic ring is 1. The molecule has 1 atom stereocenters. The molecule has 0 radical (unpaired) electrons. The number of anilines is 1. The number of aromatic nitrogens is 1. The van der Waals surface area contributed by atoms with Crippen LogP contribution in [0.2, 0.25) is 0 Å². The standard InChI is InChI=1S/C28H27N5O7/c1-28(2)13-40-27(38)22(28)33-24(34)15-6-9-17(19(12-15)26(36)37)18-10-11-20(39-3)32-21(18)25(35)31-16-7-4-14(5-8-16)23(29)30/h4-12,22H,13H2,1-3H3,(H3,29,30)(H,31,35)(H,33,34)(H,36,37). The van der Waals surface area contributed by atoms with E-state index in [4.69, 9.17) is 20.6 Å². The second-order valence-corrected chi connectivity index (χ2v) is 9.76. The number of benzene rings is 2. The van der Waals surface area contributed by atoms with Crippen molar-refractivity contribution in [2.45, 2.75) is 19.9 Å². The van der Waals surface area contributed by atoms with Crippen LogP contribution in [0.1, 0.15) is 50.6 Å². The number of nitrogens with zero attached hydrogens (tertiary/aromatic N) is 1. The maximum absolute atomic E-state index is 13.3. The maximum atomic E-state index is 13.3. The maximum Gasteiger partial charge on any atom is 0.336 e. The lowest BCUT2D eigenvalue weighted by Crippen LogP contribution is -2.46. The van der Waals surface area contributed by atoms with Gasteiger partial charge in [-0.2, -0.15) is 0 Å². The van der Waals surface area contributed by atoms with E-state index in [9.17, 15) is 24.3 Å². The Morgan fingerprint density at radius 1 is 1.05 bits per heavy atom. The smallest absolute Gasteiger partial charge is 0.336 e. The predicted molar refractivity (Wildman–Crippen MR) is 145 cm³/mol. The van der Waals surface area contributed by atoms with Crippen molar-refractivity contribution in [3.8, 4) is 17.0 Å². The molecule has 1 unspecified atom stereocenters. The number of carbonyl (C=O) groups excluding carboxylic acids is 3. The highest BCUT2D eigenvalue weighted by Gasteiger charge is 2.44. The van der Waals surface area contributed by atoms with Gasteiger partial charge >= 0.3 is 11.9 Å². The molecule has 1 saturated heterocycles. The van der Waals surface area contributed by atoms with Gasteiger partial charge in [-0.3, -0.25) is 15.0 Å². The van der Waals surface area contributed by atoms with E-state index in [1.807, 2.05) is 0 Å². The second-order valence-electron chi connectivity index (χ2n) is 9.76. The van der Waals surface area contributed by atoms with E-state index in [-0.39, 0.29) is 46.3 Å². The van der Waals surface area contributed by atoms with Crippen LogP contribution in [0.15, 0.2) is 54.6 Å². The molecule has 1 aliphatic heterocycles. The molecule has 0 saturated carbocycles. The Balaban J connectivity index is 1.69. The van der Waals surface area contributed by atoms with Crippen LogP contribution in [0.5, 0.6) is 5.88 Å². The lowest BCUT2D eigenvalue weighted by molar-refractivity contribution is -0.139. The van der Waals surface area contributed by atoms with Gasteiger partial charge in [0.1, 0.15) is 17.6 Å². The van der Waals surface area contributed by atoms with E-state index in [0.717, 1.165) is 0 Å². The van der Waals surface area contributed by atoms with Gasteiger partial charge in [-0.05, 0) is 48.0 Å². The van der Waals surface area contributed by atoms with Crippen molar-refractivity contribution in [1.82, 2.24) is 10.3 Å². The highest BCUT2D eigenvalue weighted by Crippen LogP contribution is 2.31. The molecular weight excluding hydrogens is 518 g/mol. The van der Waals surface area contributed by atoms with E-state index >= 15 is 0 Å². The van der Waals surface area contributed by atoms with Crippen molar-refractivity contribution in [3.05, 3.63) is 77.0 Å². The van der Waals surface area contributed by atoms with Crippen LogP contribution in [0.25, 0.3) is 11.1 Å². The number of cyclic esters (lactones) is 1. The minimum atomic E-state index is -1.34. The fourth-order valence-electron chi connectivity index (χ4n) is 4.18. The number of amidine groups is 1. The third-order valence-electron chi connectivity index (χ3n) is 6.43. The average molecular weight is 546 g/mol. The van der Waals surface area contributed by atoms with Crippen molar-refractivity contribution in [2.75, 3.05) is 19.0 Å². The molecule has 12 nitrogen and oxygen atoms in total. The molecule has 2 amide bonds. The van der Waals surface area contributed by atoms with E-state index < -0.39 is 35.2 Å². The fraction of sp³-hybridized carbons (Fsp3) is 0.214. The van der Waals surface area contributed by atoms with Gasteiger partial charge < -0.3 is 30.9 Å². The van der Waals surface area contributed by atoms with Crippen LogP contribution >= 0.6 is 0 Å². The molecule has 4 rings (SSSR count). The molecule has 2 aromatic carbocycles. The number of pyridine rings is 1. The molecule has 2 heterocycles. The molecule has 0 aliphatic carbocycles. The summed E-state index contributed by atoms with van der Waals surface area (Å²) in [6.45, 7) is 3.69. The van der Waals surface area contributed by atoms with Gasteiger partial charge in [0, 0.05) is 33.9 Å². The number of hydrogen-bond donors (Lipinski definition) is 5. The SMILES string of the molecule is COc1ccc(-c2ccc(C(=O)NC3C(=O)OCC3(C)C)cc2C(=O)O)c(C(=O)Nc2ccc(C(=N)N)cc2)n1. The molecular formula is C28H27N5O7. The van der Waals surface area contributed by atoms with Crippen molar-refractivity contribution >= 4 is 35.3 Å². The fourth-order valence-corrected chi connectivity index (χ4v) is 4.18. The number of aromatic carboxylic acids is 1. The summed E-state index contributed by atoms with van der Waals surface area (Å²) < 4.78 is 10.2. The van der Waals surface area contributed by atoms with E-state index in [1.54, 1.807) is 38.1 Å². The first-order chi connectivity index (χ1) is 18.9. The summed E-state index contributed by atoms with van der Waals surface area (Å²) in [6.07, 6.45) is 0. The number of rotatable bonds is 8. The minimum Gasteiger partial charge on any atom is -0.481 e. The molecule has 6 N–H and O–H groups in total. The van der Waals surface area contributed by atoms with Gasteiger partial charge in [0.2, 0.25) is 5.88 Å². The molecule has 206 valence electrons. The molecule has 3 aromatic rings. The number of hydrogen-bond acceptors (Lipinski definition) is 8. The van der Waals surface area contributed by atoms with Gasteiger partial charge in [0.05, 0.1) is 19.3 Å². The zero-order valence-electron chi connectivity index (χ0n) is 21.9. The molecule has 1 aromatic heterocycles. The van der Waals surface area contributed by atoms with Gasteiger partial charge in [-0.1, -0.05) is 19.9 Å². The average Bonchev–Trinajstić information content (AvgIpc) is 3.19. The number of amides is 2. The number of carboxylic acid groups (broad SMARTS) is 1. The molecule has 0 spiro atoms. The Hall–Kier alpha value is -5.26. The Bertz CT molecular complexity index is 1530. The summed E-state index contributed by atoms with van der Waals surface area (Å²) >= 11 is 0. The van der Waals surface area contributed by atoms with Gasteiger partial charge in [-0.15, -0.1) is 0 Å². The van der Waals surface area contributed by atoms with Crippen LogP contribution in [0.3, 0.4) is 0 Å². The molecule has 40 heavy (non-hydrogen) atoms. The number of carbonyl (C=O) groups is 4. The Labute approximate surface area is 229 Å². The number of esters is 1. The lowest BCUT2D eigenvalue weighted by Gasteiger charge is -2.22. The van der Waals surface area contributed by atoms with Gasteiger partial charge in [0.15, 0.2) is 0 Å². The zero-order chi connectivity index (χ0) is 29.2. The monoisotopic (exact) mass is 545 g/mol. The van der Waals surface area contributed by atoms with Crippen molar-refractivity contribution < 1.29 is 33.8 Å². The van der Waals surface area contributed by atoms with Crippen LogP contribution in [-0.4, -0.2) is 59.4 Å². The first-order valence-electron chi connectivity index (χ1n) is 12.1. The number of nitrogens with two attached hydrogens (primary N) is 1. The van der Waals surface area contributed by atoms with Crippen LogP contribution in [0.4, 0.5) is 5.69 Å². The van der Waals surface area contributed by atoms with Crippen LogP contribution < -0.4 is 21.1 Å². The first-order valence-corrected chi connectivity index (χ1v) is 12.1. The van der Waals surface area contributed by atoms with Gasteiger partial charge in [-0.25, -0.2) is 14.6 Å². The van der Waals surface area contributed by atoms with Crippen LogP contribution in [-0.2, 0) is 9.53 Å². The summed E-state index contributed by atoms with van der Waals surface area (Å²) in [6, 6.07) is 12.3. The summed E-state index contributed by atoms with van der Waals surface area (Å²) in [4.78, 5) is 54.9. The van der Waals surface area contributed by atoms with E-state index in [1.165, 1.54) is 37.4 Å². The molecule has 1 aliphatic rings. The molecule has 12 heteroatoms. The Kier molecular flexibility index (Phi) is 7.53. The second kappa shape index (κ2) is 10.8. The third kappa shape index (κ3) is 5.60. The largest absolute Gasteiger partial charge is 0.481 e. The third-order valence-corrected chi connectivity index (χ3v) is 6.43. The summed E-state index contributed by atoms with van der Waals surface area (Å²) in [5.74, 6) is -3.20. The minimum absolute atomic E-state index is 0.00897. The Morgan fingerprint density at radius 3 is 2.27 bits per heavy atom.